The van der Waals surface area contributed by atoms with Gasteiger partial charge in [-0.05, 0) is 19.8 Å². The second-order valence-corrected chi connectivity index (χ2v) is 3.83. The second-order valence-electron chi connectivity index (χ2n) is 3.83. The van der Waals surface area contributed by atoms with Crippen molar-refractivity contribution in [3.05, 3.63) is 0 Å². The van der Waals surface area contributed by atoms with Crippen molar-refractivity contribution in [3.8, 4) is 0 Å². The molecule has 1 atom stereocenters. The number of hydrogen-bond acceptors (Lipinski definition) is 3. The van der Waals surface area contributed by atoms with Crippen LogP contribution < -0.4 is 5.73 Å². The molecule has 3 rings (SSSR count). The zero-order valence-electron chi connectivity index (χ0n) is 6.13. The summed E-state index contributed by atoms with van der Waals surface area (Å²) in [7, 11) is 0. The lowest BCUT2D eigenvalue weighted by Gasteiger charge is -2.40. The summed E-state index contributed by atoms with van der Waals surface area (Å²) < 4.78 is 5.50. The molecule has 0 spiro atoms. The van der Waals surface area contributed by atoms with Gasteiger partial charge in [0.15, 0.2) is 0 Å². The van der Waals surface area contributed by atoms with E-state index < -0.39 is 0 Å². The van der Waals surface area contributed by atoms with Crippen LogP contribution in [-0.2, 0) is 4.74 Å². The van der Waals surface area contributed by atoms with E-state index in [9.17, 15) is 0 Å². The van der Waals surface area contributed by atoms with Gasteiger partial charge in [0.05, 0.1) is 18.3 Å². The molecule has 3 fully saturated rings. The maximum atomic E-state index is 8.84. The highest BCUT2D eigenvalue weighted by molar-refractivity contribution is 5.17. The first-order valence-electron chi connectivity index (χ1n) is 3.66. The lowest BCUT2D eigenvalue weighted by atomic mass is 9.68. The number of rotatable bonds is 1. The Hall–Kier alpha value is -0.120. The summed E-state index contributed by atoms with van der Waals surface area (Å²) in [4.78, 5) is 0. The summed E-state index contributed by atoms with van der Waals surface area (Å²) in [6.45, 7) is 2.11. The summed E-state index contributed by atoms with van der Waals surface area (Å²) in [6, 6.07) is 0. The Morgan fingerprint density at radius 2 is 2.30 bits per heavy atom. The molecular weight excluding hydrogens is 130 g/mol. The Morgan fingerprint density at radius 1 is 1.70 bits per heavy atom. The number of aliphatic hydroxyl groups excluding tert-OH is 1. The monoisotopic (exact) mass is 143 g/mol. The lowest BCUT2D eigenvalue weighted by Crippen LogP contribution is -2.57. The fourth-order valence-electron chi connectivity index (χ4n) is 2.33. The van der Waals surface area contributed by atoms with Crippen LogP contribution >= 0.6 is 0 Å². The molecule has 2 heterocycles. The van der Waals surface area contributed by atoms with Gasteiger partial charge in [0.1, 0.15) is 0 Å². The summed E-state index contributed by atoms with van der Waals surface area (Å²) >= 11 is 0. The quantitative estimate of drug-likeness (QED) is 0.526. The molecule has 2 bridgehead atoms. The molecule has 0 radical (unpaired) electrons. The van der Waals surface area contributed by atoms with E-state index in [1.54, 1.807) is 0 Å². The maximum Gasteiger partial charge on any atom is 0.0994 e. The molecule has 3 aliphatic rings. The predicted molar refractivity (Wildman–Crippen MR) is 36.5 cm³/mol. The molecule has 2 saturated heterocycles. The maximum absolute atomic E-state index is 8.84. The van der Waals surface area contributed by atoms with Gasteiger partial charge in [-0.3, -0.25) is 0 Å². The van der Waals surface area contributed by atoms with Crippen molar-refractivity contribution in [2.75, 3.05) is 6.61 Å². The van der Waals surface area contributed by atoms with Gasteiger partial charge >= 0.3 is 0 Å². The van der Waals surface area contributed by atoms with Crippen molar-refractivity contribution >= 4 is 0 Å². The largest absolute Gasteiger partial charge is 0.394 e. The van der Waals surface area contributed by atoms with Crippen molar-refractivity contribution in [2.45, 2.75) is 37.0 Å². The molecule has 1 aliphatic carbocycles. The summed E-state index contributed by atoms with van der Waals surface area (Å²) in [5.74, 6) is 0. The molecule has 0 amide bonds. The van der Waals surface area contributed by atoms with Crippen molar-refractivity contribution < 1.29 is 9.84 Å². The van der Waals surface area contributed by atoms with Crippen LogP contribution in [-0.4, -0.2) is 29.0 Å². The fraction of sp³-hybridized carbons (Fsp3) is 1.00. The van der Waals surface area contributed by atoms with Gasteiger partial charge < -0.3 is 15.6 Å². The van der Waals surface area contributed by atoms with Crippen LogP contribution in [0.5, 0.6) is 0 Å². The van der Waals surface area contributed by atoms with Gasteiger partial charge in [0, 0.05) is 5.54 Å². The van der Waals surface area contributed by atoms with E-state index in [-0.39, 0.29) is 23.9 Å². The van der Waals surface area contributed by atoms with E-state index in [1.165, 1.54) is 0 Å². The van der Waals surface area contributed by atoms with Crippen LogP contribution in [0.3, 0.4) is 0 Å². The summed E-state index contributed by atoms with van der Waals surface area (Å²) in [6.07, 6.45) is 1.70. The standard InChI is InChI=1S/C7H13NO2/c1-6-3-7(8,4-6)5(2-9)10-6/h5,9H,2-4,8H2,1H3. The summed E-state index contributed by atoms with van der Waals surface area (Å²) in [5.41, 5.74) is 5.68. The zero-order valence-corrected chi connectivity index (χ0v) is 6.13. The molecule has 3 N–H and O–H groups in total. The number of aliphatic hydroxyl groups is 1. The first kappa shape index (κ1) is 6.58. The molecule has 0 aromatic heterocycles. The Bertz CT molecular complexity index is 163. The van der Waals surface area contributed by atoms with Gasteiger partial charge in [-0.1, -0.05) is 0 Å². The normalized spacial score (nSPS) is 58.5. The van der Waals surface area contributed by atoms with Crippen LogP contribution in [0.1, 0.15) is 19.8 Å². The topological polar surface area (TPSA) is 55.5 Å². The molecule has 0 aromatic carbocycles. The van der Waals surface area contributed by atoms with E-state index in [4.69, 9.17) is 15.6 Å². The molecule has 3 nitrogen and oxygen atoms in total. The minimum absolute atomic E-state index is 0.0118. The molecule has 0 aromatic rings. The number of fused-ring (bicyclic) bond motifs is 1. The van der Waals surface area contributed by atoms with Crippen LogP contribution in [0, 0.1) is 0 Å². The third-order valence-corrected chi connectivity index (χ3v) is 2.64. The Labute approximate surface area is 60.2 Å². The van der Waals surface area contributed by atoms with Crippen molar-refractivity contribution in [1.82, 2.24) is 0 Å². The van der Waals surface area contributed by atoms with Crippen molar-refractivity contribution in [1.29, 1.82) is 0 Å². The van der Waals surface area contributed by atoms with E-state index in [0.29, 0.717) is 0 Å². The van der Waals surface area contributed by atoms with Gasteiger partial charge in [-0.2, -0.15) is 0 Å². The molecule has 2 aliphatic heterocycles. The van der Waals surface area contributed by atoms with Gasteiger partial charge in [0.25, 0.3) is 0 Å². The highest BCUT2D eigenvalue weighted by Gasteiger charge is 2.63. The lowest BCUT2D eigenvalue weighted by molar-refractivity contribution is -0.0232. The molecule has 10 heavy (non-hydrogen) atoms. The molecule has 58 valence electrons. The van der Waals surface area contributed by atoms with Crippen molar-refractivity contribution in [2.24, 2.45) is 5.73 Å². The smallest absolute Gasteiger partial charge is 0.0994 e. The van der Waals surface area contributed by atoms with E-state index in [1.807, 2.05) is 6.92 Å². The second kappa shape index (κ2) is 1.55. The van der Waals surface area contributed by atoms with E-state index in [2.05, 4.69) is 0 Å². The van der Waals surface area contributed by atoms with Crippen LogP contribution in [0.2, 0.25) is 0 Å². The minimum atomic E-state index is -0.205. The number of hydrogen-bond donors (Lipinski definition) is 2. The Kier molecular flexibility index (Phi) is 1.02. The third-order valence-electron chi connectivity index (χ3n) is 2.64. The van der Waals surface area contributed by atoms with Gasteiger partial charge in [-0.15, -0.1) is 0 Å². The minimum Gasteiger partial charge on any atom is -0.394 e. The number of ether oxygens (including phenoxy) is 1. The fourth-order valence-corrected chi connectivity index (χ4v) is 2.33. The SMILES string of the molecule is CC12CC(N)(C1)C(CO)O2. The van der Waals surface area contributed by atoms with Gasteiger partial charge in [0.2, 0.25) is 0 Å². The van der Waals surface area contributed by atoms with Crippen LogP contribution in [0.25, 0.3) is 0 Å². The van der Waals surface area contributed by atoms with Crippen LogP contribution in [0.15, 0.2) is 0 Å². The average molecular weight is 143 g/mol. The Morgan fingerprint density at radius 3 is 2.50 bits per heavy atom. The van der Waals surface area contributed by atoms with E-state index in [0.717, 1.165) is 12.8 Å². The number of nitrogens with two attached hydrogens (primary N) is 1. The highest BCUT2D eigenvalue weighted by Crippen LogP contribution is 2.53. The molecular formula is C7H13NO2. The average Bonchev–Trinajstić information content (AvgIpc) is 2.13. The summed E-state index contributed by atoms with van der Waals surface area (Å²) in [5, 5.41) is 8.84. The first-order chi connectivity index (χ1) is 4.58. The molecule has 1 unspecified atom stereocenters. The highest BCUT2D eigenvalue weighted by atomic mass is 16.5. The Balaban J connectivity index is 2.16. The predicted octanol–water partition coefficient (Wildman–Crippen LogP) is -0.372. The van der Waals surface area contributed by atoms with Crippen LogP contribution in [0.4, 0.5) is 0 Å². The molecule has 1 saturated carbocycles. The van der Waals surface area contributed by atoms with E-state index >= 15 is 0 Å². The zero-order chi connectivity index (χ0) is 7.41. The molecule has 3 heteroatoms. The van der Waals surface area contributed by atoms with Crippen molar-refractivity contribution in [3.63, 3.8) is 0 Å². The first-order valence-corrected chi connectivity index (χ1v) is 3.66. The van der Waals surface area contributed by atoms with Gasteiger partial charge in [-0.25, -0.2) is 0 Å². The third kappa shape index (κ3) is 0.603.